The molecule has 0 saturated carbocycles. The summed E-state index contributed by atoms with van der Waals surface area (Å²) in [6.45, 7) is 4.19. The van der Waals surface area contributed by atoms with Crippen molar-refractivity contribution in [3.05, 3.63) is 15.8 Å². The third kappa shape index (κ3) is 2.07. The van der Waals surface area contributed by atoms with Crippen LogP contribution in [0.25, 0.3) is 0 Å². The lowest BCUT2D eigenvalue weighted by Crippen LogP contribution is -2.07. The molecule has 0 spiro atoms. The highest BCUT2D eigenvalue weighted by molar-refractivity contribution is 7.10. The lowest BCUT2D eigenvalue weighted by Gasteiger charge is -2.04. The Morgan fingerprint density at radius 2 is 2.21 bits per heavy atom. The summed E-state index contributed by atoms with van der Waals surface area (Å²) in [5.41, 5.74) is 0.585. The normalized spacial score (nSPS) is 9.93. The summed E-state index contributed by atoms with van der Waals surface area (Å²) in [6, 6.07) is 0. The Labute approximate surface area is 87.7 Å². The van der Waals surface area contributed by atoms with E-state index in [1.54, 1.807) is 14.0 Å². The van der Waals surface area contributed by atoms with Gasteiger partial charge in [-0.15, -0.1) is 11.3 Å². The van der Waals surface area contributed by atoms with Gasteiger partial charge in [0.2, 0.25) is 0 Å². The van der Waals surface area contributed by atoms with E-state index in [1.165, 1.54) is 11.3 Å². The summed E-state index contributed by atoms with van der Waals surface area (Å²) < 4.78 is 10.1. The molecule has 0 radical (unpaired) electrons. The monoisotopic (exact) mass is 214 g/mol. The number of hydrogen-bond donors (Lipinski definition) is 0. The second kappa shape index (κ2) is 5.00. The van der Waals surface area contributed by atoms with Gasteiger partial charge in [-0.05, 0) is 13.3 Å². The molecule has 0 aliphatic heterocycles. The molecule has 0 aliphatic rings. The van der Waals surface area contributed by atoms with Gasteiger partial charge in [0.15, 0.2) is 0 Å². The molecule has 0 atom stereocenters. The maximum atomic E-state index is 11.6. The molecule has 1 heterocycles. The highest BCUT2D eigenvalue weighted by atomic mass is 32.1. The standard InChI is InChI=1S/C10H14O3S/c1-4-8-9(10(11)13-5-2)7(12-3)6-14-8/h6H,4-5H2,1-3H3. The molecule has 0 unspecified atom stereocenters. The molecule has 0 aliphatic carbocycles. The zero-order chi connectivity index (χ0) is 10.6. The van der Waals surface area contributed by atoms with Crippen LogP contribution in [0.3, 0.4) is 0 Å². The molecule has 0 amide bonds. The van der Waals surface area contributed by atoms with E-state index < -0.39 is 0 Å². The number of ether oxygens (including phenoxy) is 2. The number of esters is 1. The number of carbonyl (C=O) groups excluding carboxylic acids is 1. The van der Waals surface area contributed by atoms with Gasteiger partial charge in [-0.1, -0.05) is 6.92 Å². The van der Waals surface area contributed by atoms with Crippen LogP contribution >= 0.6 is 11.3 Å². The summed E-state index contributed by atoms with van der Waals surface area (Å²) in [5.74, 6) is 0.327. The molecule has 14 heavy (non-hydrogen) atoms. The van der Waals surface area contributed by atoms with Crippen LogP contribution in [0, 0.1) is 0 Å². The predicted octanol–water partition coefficient (Wildman–Crippen LogP) is 2.50. The molecule has 1 aromatic rings. The molecule has 0 N–H and O–H groups in total. The van der Waals surface area contributed by atoms with Gasteiger partial charge in [0.1, 0.15) is 11.3 Å². The van der Waals surface area contributed by atoms with E-state index in [0.717, 1.165) is 11.3 Å². The summed E-state index contributed by atoms with van der Waals surface area (Å²) >= 11 is 1.53. The minimum absolute atomic E-state index is 0.289. The molecule has 1 rings (SSSR count). The van der Waals surface area contributed by atoms with Crippen molar-refractivity contribution in [1.82, 2.24) is 0 Å². The number of aryl methyl sites for hydroxylation is 1. The molecule has 1 aromatic heterocycles. The van der Waals surface area contributed by atoms with Crippen molar-refractivity contribution in [3.8, 4) is 5.75 Å². The molecule has 78 valence electrons. The van der Waals surface area contributed by atoms with Crippen LogP contribution < -0.4 is 4.74 Å². The first-order chi connectivity index (χ1) is 6.74. The molecule has 0 fully saturated rings. The van der Waals surface area contributed by atoms with Gasteiger partial charge in [-0.2, -0.15) is 0 Å². The van der Waals surface area contributed by atoms with Crippen LogP contribution in [-0.2, 0) is 11.2 Å². The average molecular weight is 214 g/mol. The topological polar surface area (TPSA) is 35.5 Å². The number of hydrogen-bond acceptors (Lipinski definition) is 4. The van der Waals surface area contributed by atoms with Crippen molar-refractivity contribution in [2.75, 3.05) is 13.7 Å². The average Bonchev–Trinajstić information content (AvgIpc) is 2.60. The molecule has 3 nitrogen and oxygen atoms in total. The lowest BCUT2D eigenvalue weighted by atomic mass is 10.2. The van der Waals surface area contributed by atoms with Gasteiger partial charge in [-0.25, -0.2) is 4.79 Å². The maximum absolute atomic E-state index is 11.6. The van der Waals surface area contributed by atoms with Crippen molar-refractivity contribution in [2.45, 2.75) is 20.3 Å². The molecule has 0 saturated heterocycles. The molecule has 4 heteroatoms. The summed E-state index contributed by atoms with van der Waals surface area (Å²) in [4.78, 5) is 12.6. The summed E-state index contributed by atoms with van der Waals surface area (Å²) in [7, 11) is 1.56. The van der Waals surface area contributed by atoms with E-state index in [2.05, 4.69) is 0 Å². The van der Waals surface area contributed by atoms with E-state index in [-0.39, 0.29) is 5.97 Å². The highest BCUT2D eigenvalue weighted by Crippen LogP contribution is 2.30. The van der Waals surface area contributed by atoms with Crippen molar-refractivity contribution < 1.29 is 14.3 Å². The Morgan fingerprint density at radius 3 is 2.71 bits per heavy atom. The second-order valence-corrected chi connectivity index (χ2v) is 3.64. The van der Waals surface area contributed by atoms with Gasteiger partial charge in [0, 0.05) is 10.3 Å². The van der Waals surface area contributed by atoms with Crippen LogP contribution in [0.5, 0.6) is 5.75 Å². The van der Waals surface area contributed by atoms with E-state index in [0.29, 0.717) is 17.9 Å². The van der Waals surface area contributed by atoms with Crippen LogP contribution in [-0.4, -0.2) is 19.7 Å². The maximum Gasteiger partial charge on any atom is 0.343 e. The summed E-state index contributed by atoms with van der Waals surface area (Å²) in [6.07, 6.45) is 0.822. The minimum Gasteiger partial charge on any atom is -0.495 e. The third-order valence-electron chi connectivity index (χ3n) is 1.85. The lowest BCUT2D eigenvalue weighted by molar-refractivity contribution is 0.0522. The van der Waals surface area contributed by atoms with E-state index in [1.807, 2.05) is 12.3 Å². The van der Waals surface area contributed by atoms with Gasteiger partial charge in [-0.3, -0.25) is 0 Å². The highest BCUT2D eigenvalue weighted by Gasteiger charge is 2.19. The molecule has 0 aromatic carbocycles. The first-order valence-electron chi connectivity index (χ1n) is 4.56. The largest absolute Gasteiger partial charge is 0.495 e. The number of thiophene rings is 1. The smallest absolute Gasteiger partial charge is 0.343 e. The van der Waals surface area contributed by atoms with E-state index >= 15 is 0 Å². The van der Waals surface area contributed by atoms with Gasteiger partial charge < -0.3 is 9.47 Å². The Balaban J connectivity index is 3.01. The van der Waals surface area contributed by atoms with Gasteiger partial charge in [0.05, 0.1) is 13.7 Å². The fourth-order valence-corrected chi connectivity index (χ4v) is 2.14. The Kier molecular flexibility index (Phi) is 3.95. The molecule has 0 bridgehead atoms. The third-order valence-corrected chi connectivity index (χ3v) is 2.96. The van der Waals surface area contributed by atoms with Crippen LogP contribution in [0.2, 0.25) is 0 Å². The van der Waals surface area contributed by atoms with Crippen molar-refractivity contribution >= 4 is 17.3 Å². The first kappa shape index (κ1) is 11.0. The Hall–Kier alpha value is -1.03. The van der Waals surface area contributed by atoms with Gasteiger partial charge >= 0.3 is 5.97 Å². The summed E-state index contributed by atoms with van der Waals surface area (Å²) in [5, 5.41) is 1.84. The molecular weight excluding hydrogens is 200 g/mol. The Morgan fingerprint density at radius 1 is 1.50 bits per heavy atom. The number of methoxy groups -OCH3 is 1. The van der Waals surface area contributed by atoms with Crippen molar-refractivity contribution in [2.24, 2.45) is 0 Å². The van der Waals surface area contributed by atoms with E-state index in [9.17, 15) is 4.79 Å². The van der Waals surface area contributed by atoms with Gasteiger partial charge in [0.25, 0.3) is 0 Å². The zero-order valence-corrected chi connectivity index (χ0v) is 9.44. The first-order valence-corrected chi connectivity index (χ1v) is 5.44. The fourth-order valence-electron chi connectivity index (χ4n) is 1.21. The Bertz CT molecular complexity index is 296. The van der Waals surface area contributed by atoms with Crippen LogP contribution in [0.1, 0.15) is 29.1 Å². The SMILES string of the molecule is CCOC(=O)c1c(OC)csc1CC. The fraction of sp³-hybridized carbons (Fsp3) is 0.500. The second-order valence-electron chi connectivity index (χ2n) is 2.68. The number of carbonyl (C=O) groups is 1. The van der Waals surface area contributed by atoms with Crippen molar-refractivity contribution in [3.63, 3.8) is 0 Å². The van der Waals surface area contributed by atoms with Crippen LogP contribution in [0.15, 0.2) is 5.38 Å². The van der Waals surface area contributed by atoms with Crippen LogP contribution in [0.4, 0.5) is 0 Å². The molecular formula is C10H14O3S. The zero-order valence-electron chi connectivity index (χ0n) is 8.62. The minimum atomic E-state index is -0.289. The van der Waals surface area contributed by atoms with Crippen molar-refractivity contribution in [1.29, 1.82) is 0 Å². The quantitative estimate of drug-likeness (QED) is 0.722. The predicted molar refractivity (Wildman–Crippen MR) is 56.2 cm³/mol. The number of rotatable bonds is 4. The van der Waals surface area contributed by atoms with E-state index in [4.69, 9.17) is 9.47 Å².